The first-order valence-corrected chi connectivity index (χ1v) is 5.96. The van der Waals surface area contributed by atoms with Crippen molar-refractivity contribution < 1.29 is 14.9 Å². The fraction of sp³-hybridized carbons (Fsp3) is 0.500. The van der Waals surface area contributed by atoms with Gasteiger partial charge in [-0.25, -0.2) is 4.79 Å². The summed E-state index contributed by atoms with van der Waals surface area (Å²) in [5.41, 5.74) is 3.81. The maximum absolute atomic E-state index is 11.9. The van der Waals surface area contributed by atoms with Crippen LogP contribution in [0.3, 0.4) is 0 Å². The fourth-order valence-corrected chi connectivity index (χ4v) is 2.36. The molecule has 0 radical (unpaired) electrons. The molecule has 19 heavy (non-hydrogen) atoms. The molecule has 0 aromatic carbocycles. The van der Waals surface area contributed by atoms with Crippen molar-refractivity contribution in [1.82, 2.24) is 9.55 Å². The van der Waals surface area contributed by atoms with Gasteiger partial charge in [-0.05, 0) is 6.07 Å². The zero-order valence-corrected chi connectivity index (χ0v) is 10.4. The van der Waals surface area contributed by atoms with Crippen LogP contribution in [0.5, 0.6) is 0 Å². The Morgan fingerprint density at radius 2 is 2.47 bits per heavy atom. The molecule has 1 aromatic rings. The summed E-state index contributed by atoms with van der Waals surface area (Å²) < 4.78 is 6.95. The molecule has 1 aromatic heterocycles. The highest BCUT2D eigenvalue weighted by Gasteiger charge is 2.46. The van der Waals surface area contributed by atoms with Gasteiger partial charge in [-0.1, -0.05) is 6.08 Å². The average Bonchev–Trinajstić information content (AvgIpc) is 2.66. The molecule has 7 nitrogen and oxygen atoms in total. The van der Waals surface area contributed by atoms with E-state index in [-0.39, 0.29) is 18.8 Å². The first-order chi connectivity index (χ1) is 9.02. The molecule has 3 atom stereocenters. The highest BCUT2D eigenvalue weighted by molar-refractivity contribution is 5.24. The van der Waals surface area contributed by atoms with Crippen LogP contribution in [0.15, 0.2) is 29.7 Å². The Balaban J connectivity index is 2.46. The minimum Gasteiger partial charge on any atom is -0.394 e. The van der Waals surface area contributed by atoms with Crippen molar-refractivity contribution in [1.29, 1.82) is 0 Å². The number of hydrogen-bond acceptors (Lipinski definition) is 6. The molecular formula is C12H17N3O4. The largest absolute Gasteiger partial charge is 0.394 e. The monoisotopic (exact) mass is 267 g/mol. The Bertz CT molecular complexity index is 530. The molecule has 1 aliphatic rings. The van der Waals surface area contributed by atoms with E-state index in [9.17, 15) is 9.90 Å². The number of rotatable bonds is 4. The van der Waals surface area contributed by atoms with Crippen LogP contribution in [-0.4, -0.2) is 38.6 Å². The summed E-state index contributed by atoms with van der Waals surface area (Å²) in [6.45, 7) is 3.31. The minimum atomic E-state index is -1.08. The zero-order chi connectivity index (χ0) is 14.0. The van der Waals surface area contributed by atoms with Gasteiger partial charge in [0.1, 0.15) is 11.9 Å². The smallest absolute Gasteiger partial charge is 0.351 e. The molecule has 4 N–H and O–H groups in total. The fourth-order valence-electron chi connectivity index (χ4n) is 2.36. The van der Waals surface area contributed by atoms with Crippen LogP contribution in [-0.2, 0) is 10.5 Å². The van der Waals surface area contributed by atoms with Gasteiger partial charge in [-0.15, -0.1) is 6.58 Å². The Kier molecular flexibility index (Phi) is 3.70. The normalized spacial score (nSPS) is 30.4. The molecule has 0 unspecified atom stereocenters. The summed E-state index contributed by atoms with van der Waals surface area (Å²) in [5, 5.41) is 19.0. The maximum atomic E-state index is 11.9. The zero-order valence-electron chi connectivity index (χ0n) is 10.4. The summed E-state index contributed by atoms with van der Waals surface area (Å²) >= 11 is 0. The number of aliphatic hydroxyl groups is 2. The second kappa shape index (κ2) is 5.12. The third-order valence-electron chi connectivity index (χ3n) is 3.24. The summed E-state index contributed by atoms with van der Waals surface area (Å²) in [4.78, 5) is 15.6. The van der Waals surface area contributed by atoms with Crippen LogP contribution < -0.4 is 11.4 Å². The topological polar surface area (TPSA) is 111 Å². The van der Waals surface area contributed by atoms with Crippen LogP contribution >= 0.6 is 0 Å². The summed E-state index contributed by atoms with van der Waals surface area (Å²) in [5.74, 6) is 0.118. The summed E-state index contributed by atoms with van der Waals surface area (Å²) in [6.07, 6.45) is 1.97. The molecule has 0 aliphatic carbocycles. The number of aliphatic hydroxyl groups excluding tert-OH is 2. The number of nitrogen functional groups attached to an aromatic ring is 1. The number of ether oxygens (including phenoxy) is 1. The lowest BCUT2D eigenvalue weighted by atomic mass is 10.0. The minimum absolute atomic E-state index is 0.118. The summed E-state index contributed by atoms with van der Waals surface area (Å²) in [7, 11) is 0. The Morgan fingerprint density at radius 3 is 3.00 bits per heavy atom. The number of hydrogen-bond donors (Lipinski definition) is 3. The first-order valence-electron chi connectivity index (χ1n) is 5.96. The molecule has 0 amide bonds. The molecule has 104 valence electrons. The van der Waals surface area contributed by atoms with E-state index in [1.165, 1.54) is 16.8 Å². The standard InChI is InChI=1S/C12H17N3O4/c1-2-4-12(6-8(17)9(7-16)19-12)15-5-3-10(13)14-11(15)18/h2-3,5,8-9,16-17H,1,4,6-7H2,(H2,13,14,18)/t8-,9+,12+/m0/s1. The second-order valence-electron chi connectivity index (χ2n) is 4.55. The molecule has 0 saturated carbocycles. The average molecular weight is 267 g/mol. The molecule has 1 saturated heterocycles. The number of nitrogens with two attached hydrogens (primary N) is 1. The van der Waals surface area contributed by atoms with E-state index < -0.39 is 23.6 Å². The van der Waals surface area contributed by atoms with Gasteiger partial charge in [-0.2, -0.15) is 4.98 Å². The van der Waals surface area contributed by atoms with E-state index in [0.29, 0.717) is 6.42 Å². The van der Waals surface area contributed by atoms with E-state index in [2.05, 4.69) is 11.6 Å². The van der Waals surface area contributed by atoms with Crippen LogP contribution in [0.1, 0.15) is 12.8 Å². The Hall–Kier alpha value is -1.70. The van der Waals surface area contributed by atoms with Crippen LogP contribution in [0.4, 0.5) is 5.82 Å². The molecule has 7 heteroatoms. The quantitative estimate of drug-likeness (QED) is 0.616. The SMILES string of the molecule is C=CC[C@]1(n2ccc(N)nc2=O)C[C@H](O)[C@@H](CO)O1. The van der Waals surface area contributed by atoms with E-state index in [0.717, 1.165) is 0 Å². The van der Waals surface area contributed by atoms with Crippen molar-refractivity contribution in [3.63, 3.8) is 0 Å². The Labute approximate surface area is 110 Å². The van der Waals surface area contributed by atoms with Gasteiger partial charge in [0.2, 0.25) is 0 Å². The van der Waals surface area contributed by atoms with E-state index >= 15 is 0 Å². The van der Waals surface area contributed by atoms with Crippen molar-refractivity contribution in [3.8, 4) is 0 Å². The maximum Gasteiger partial charge on any atom is 0.351 e. The molecule has 0 bridgehead atoms. The molecule has 2 rings (SSSR count). The highest BCUT2D eigenvalue weighted by Crippen LogP contribution is 2.37. The second-order valence-corrected chi connectivity index (χ2v) is 4.55. The van der Waals surface area contributed by atoms with Crippen LogP contribution in [0.25, 0.3) is 0 Å². The van der Waals surface area contributed by atoms with Crippen molar-refractivity contribution in [2.45, 2.75) is 30.8 Å². The van der Waals surface area contributed by atoms with Crippen molar-refractivity contribution >= 4 is 5.82 Å². The first kappa shape index (κ1) is 13.7. The predicted molar refractivity (Wildman–Crippen MR) is 68.3 cm³/mol. The van der Waals surface area contributed by atoms with Crippen LogP contribution in [0.2, 0.25) is 0 Å². The van der Waals surface area contributed by atoms with Gasteiger partial charge in [0.25, 0.3) is 0 Å². The third-order valence-corrected chi connectivity index (χ3v) is 3.24. The lowest BCUT2D eigenvalue weighted by Gasteiger charge is -2.29. The molecule has 1 aliphatic heterocycles. The molecule has 1 fully saturated rings. The predicted octanol–water partition coefficient (Wildman–Crippen LogP) is -0.804. The summed E-state index contributed by atoms with van der Waals surface area (Å²) in [6, 6.07) is 1.48. The molecular weight excluding hydrogens is 250 g/mol. The van der Waals surface area contributed by atoms with Gasteiger partial charge in [0, 0.05) is 19.0 Å². The number of aromatic nitrogens is 2. The van der Waals surface area contributed by atoms with Crippen LogP contribution in [0, 0.1) is 0 Å². The molecule has 2 heterocycles. The van der Waals surface area contributed by atoms with Gasteiger partial charge in [0.05, 0.1) is 12.7 Å². The van der Waals surface area contributed by atoms with Crippen molar-refractivity contribution in [2.75, 3.05) is 12.3 Å². The highest BCUT2D eigenvalue weighted by atomic mass is 16.6. The van der Waals surface area contributed by atoms with E-state index in [1.807, 2.05) is 0 Å². The van der Waals surface area contributed by atoms with Gasteiger partial charge < -0.3 is 20.7 Å². The Morgan fingerprint density at radius 1 is 1.74 bits per heavy atom. The third kappa shape index (κ3) is 2.40. The van der Waals surface area contributed by atoms with Gasteiger partial charge in [0.15, 0.2) is 5.72 Å². The van der Waals surface area contributed by atoms with E-state index in [4.69, 9.17) is 15.6 Å². The van der Waals surface area contributed by atoms with Gasteiger partial charge in [-0.3, -0.25) is 4.57 Å². The number of nitrogens with zero attached hydrogens (tertiary/aromatic N) is 2. The molecule has 0 spiro atoms. The van der Waals surface area contributed by atoms with Crippen molar-refractivity contribution in [3.05, 3.63) is 35.4 Å². The lowest BCUT2D eigenvalue weighted by molar-refractivity contribution is -0.117. The van der Waals surface area contributed by atoms with Crippen molar-refractivity contribution in [2.24, 2.45) is 0 Å². The lowest BCUT2D eigenvalue weighted by Crippen LogP contribution is -2.42. The van der Waals surface area contributed by atoms with E-state index in [1.54, 1.807) is 6.08 Å². The van der Waals surface area contributed by atoms with Gasteiger partial charge >= 0.3 is 5.69 Å². The number of anilines is 1.